The topological polar surface area (TPSA) is 55.0 Å². The van der Waals surface area contributed by atoms with Crippen LogP contribution in [0.15, 0.2) is 23.7 Å². The number of thiophene rings is 1. The van der Waals surface area contributed by atoms with Crippen LogP contribution in [0.1, 0.15) is 17.4 Å². The lowest BCUT2D eigenvalue weighted by atomic mass is 10.3. The number of nitrogens with two attached hydrogens (primary N) is 1. The SMILES string of the molecule is CCN(Cc1cccs1)c1nc(N)ncc1C. The summed E-state index contributed by atoms with van der Waals surface area (Å²) in [6.07, 6.45) is 1.77. The van der Waals surface area contributed by atoms with Gasteiger partial charge in [0.05, 0.1) is 6.54 Å². The molecule has 4 nitrogen and oxygen atoms in total. The van der Waals surface area contributed by atoms with Gasteiger partial charge in [-0.2, -0.15) is 4.98 Å². The minimum Gasteiger partial charge on any atom is -0.368 e. The van der Waals surface area contributed by atoms with Gasteiger partial charge in [-0.3, -0.25) is 0 Å². The maximum Gasteiger partial charge on any atom is 0.221 e. The highest BCUT2D eigenvalue weighted by Gasteiger charge is 2.11. The predicted octanol–water partition coefficient (Wildman–Crippen LogP) is 2.46. The van der Waals surface area contributed by atoms with Crippen LogP contribution in [0.5, 0.6) is 0 Å². The van der Waals surface area contributed by atoms with Crippen LogP contribution in [0.4, 0.5) is 11.8 Å². The van der Waals surface area contributed by atoms with Crippen molar-refractivity contribution in [1.82, 2.24) is 9.97 Å². The third-order valence-electron chi connectivity index (χ3n) is 2.57. The summed E-state index contributed by atoms with van der Waals surface area (Å²) < 4.78 is 0. The maximum absolute atomic E-state index is 5.65. The van der Waals surface area contributed by atoms with Crippen molar-refractivity contribution in [2.75, 3.05) is 17.2 Å². The molecule has 2 aromatic heterocycles. The van der Waals surface area contributed by atoms with Gasteiger partial charge in [0.15, 0.2) is 0 Å². The molecule has 0 spiro atoms. The molecule has 0 saturated carbocycles. The third kappa shape index (κ3) is 2.74. The van der Waals surface area contributed by atoms with Crippen molar-refractivity contribution in [3.63, 3.8) is 0 Å². The molecule has 90 valence electrons. The number of aromatic nitrogens is 2. The molecule has 0 aliphatic carbocycles. The smallest absolute Gasteiger partial charge is 0.221 e. The monoisotopic (exact) mass is 248 g/mol. The van der Waals surface area contributed by atoms with Gasteiger partial charge < -0.3 is 10.6 Å². The maximum atomic E-state index is 5.65. The number of nitrogen functional groups attached to an aromatic ring is 1. The summed E-state index contributed by atoms with van der Waals surface area (Å²) >= 11 is 1.76. The quantitative estimate of drug-likeness (QED) is 0.903. The van der Waals surface area contributed by atoms with Gasteiger partial charge in [-0.05, 0) is 25.3 Å². The Bertz CT molecular complexity index is 481. The lowest BCUT2D eigenvalue weighted by Crippen LogP contribution is -2.24. The van der Waals surface area contributed by atoms with Crippen LogP contribution in [0.3, 0.4) is 0 Å². The first-order chi connectivity index (χ1) is 8.20. The Hall–Kier alpha value is -1.62. The summed E-state index contributed by atoms with van der Waals surface area (Å²) in [5.41, 5.74) is 6.70. The Morgan fingerprint density at radius 1 is 1.47 bits per heavy atom. The summed E-state index contributed by atoms with van der Waals surface area (Å²) in [5, 5.41) is 2.09. The molecular weight excluding hydrogens is 232 g/mol. The Kier molecular flexibility index (Phi) is 3.58. The fraction of sp³-hybridized carbons (Fsp3) is 0.333. The van der Waals surface area contributed by atoms with E-state index in [1.807, 2.05) is 6.92 Å². The van der Waals surface area contributed by atoms with Gasteiger partial charge in [-0.25, -0.2) is 4.98 Å². The van der Waals surface area contributed by atoms with Crippen LogP contribution in [0.2, 0.25) is 0 Å². The summed E-state index contributed by atoms with van der Waals surface area (Å²) in [5.74, 6) is 1.25. The van der Waals surface area contributed by atoms with Gasteiger partial charge in [0.1, 0.15) is 5.82 Å². The van der Waals surface area contributed by atoms with Crippen LogP contribution in [0.25, 0.3) is 0 Å². The van der Waals surface area contributed by atoms with Crippen LogP contribution in [-0.4, -0.2) is 16.5 Å². The average molecular weight is 248 g/mol. The Morgan fingerprint density at radius 3 is 2.94 bits per heavy atom. The van der Waals surface area contributed by atoms with E-state index in [1.165, 1.54) is 4.88 Å². The van der Waals surface area contributed by atoms with Crippen LogP contribution < -0.4 is 10.6 Å². The highest BCUT2D eigenvalue weighted by molar-refractivity contribution is 7.09. The molecule has 0 aromatic carbocycles. The summed E-state index contributed by atoms with van der Waals surface area (Å²) in [7, 11) is 0. The van der Waals surface area contributed by atoms with Crippen molar-refractivity contribution < 1.29 is 0 Å². The second-order valence-corrected chi connectivity index (χ2v) is 4.86. The normalized spacial score (nSPS) is 10.5. The van der Waals surface area contributed by atoms with Gasteiger partial charge >= 0.3 is 0 Å². The molecule has 0 aliphatic heterocycles. The first-order valence-electron chi connectivity index (χ1n) is 5.57. The van der Waals surface area contributed by atoms with E-state index >= 15 is 0 Å². The zero-order valence-electron chi connectivity index (χ0n) is 10.1. The minimum absolute atomic E-state index is 0.329. The zero-order chi connectivity index (χ0) is 12.3. The standard InChI is InChI=1S/C12H16N4S/c1-3-16(8-10-5-4-6-17-10)11-9(2)7-14-12(13)15-11/h4-7H,3,8H2,1-2H3,(H2,13,14,15). The van der Waals surface area contributed by atoms with Gasteiger partial charge in [0.2, 0.25) is 5.95 Å². The van der Waals surface area contributed by atoms with Crippen molar-refractivity contribution in [3.8, 4) is 0 Å². The molecule has 0 atom stereocenters. The lowest BCUT2D eigenvalue weighted by Gasteiger charge is -2.22. The predicted molar refractivity (Wildman–Crippen MR) is 72.2 cm³/mol. The van der Waals surface area contributed by atoms with E-state index in [2.05, 4.69) is 39.3 Å². The molecule has 2 N–H and O–H groups in total. The third-order valence-corrected chi connectivity index (χ3v) is 3.43. The highest BCUT2D eigenvalue weighted by Crippen LogP contribution is 2.21. The Balaban J connectivity index is 2.25. The molecule has 2 rings (SSSR count). The van der Waals surface area contributed by atoms with Crippen molar-refractivity contribution in [1.29, 1.82) is 0 Å². The molecule has 17 heavy (non-hydrogen) atoms. The van der Waals surface area contributed by atoms with Gasteiger partial charge in [0, 0.05) is 23.2 Å². The highest BCUT2D eigenvalue weighted by atomic mass is 32.1. The van der Waals surface area contributed by atoms with Gasteiger partial charge in [-0.15, -0.1) is 11.3 Å². The first kappa shape index (κ1) is 11.9. The molecule has 0 saturated heterocycles. The van der Waals surface area contributed by atoms with Crippen LogP contribution in [0, 0.1) is 6.92 Å². The first-order valence-corrected chi connectivity index (χ1v) is 6.45. The lowest BCUT2D eigenvalue weighted by molar-refractivity contribution is 0.815. The fourth-order valence-electron chi connectivity index (χ4n) is 1.69. The van der Waals surface area contributed by atoms with Crippen LogP contribution >= 0.6 is 11.3 Å². The van der Waals surface area contributed by atoms with E-state index in [1.54, 1.807) is 17.5 Å². The summed E-state index contributed by atoms with van der Waals surface area (Å²) in [6, 6.07) is 4.20. The molecule has 0 radical (unpaired) electrons. The second-order valence-electron chi connectivity index (χ2n) is 3.83. The number of hydrogen-bond acceptors (Lipinski definition) is 5. The zero-order valence-corrected chi connectivity index (χ0v) is 10.9. The van der Waals surface area contributed by atoms with E-state index < -0.39 is 0 Å². The summed E-state index contributed by atoms with van der Waals surface area (Å²) in [4.78, 5) is 11.8. The second kappa shape index (κ2) is 5.14. The molecule has 5 heteroatoms. The number of nitrogens with zero attached hydrogens (tertiary/aromatic N) is 3. The van der Waals surface area contributed by atoms with Gasteiger partial charge in [-0.1, -0.05) is 6.07 Å². The van der Waals surface area contributed by atoms with E-state index in [0.29, 0.717) is 5.95 Å². The Morgan fingerprint density at radius 2 is 2.29 bits per heavy atom. The largest absolute Gasteiger partial charge is 0.368 e. The molecule has 0 unspecified atom stereocenters. The van der Waals surface area contributed by atoms with E-state index in [0.717, 1.165) is 24.5 Å². The van der Waals surface area contributed by atoms with Gasteiger partial charge in [0.25, 0.3) is 0 Å². The van der Waals surface area contributed by atoms with Crippen molar-refractivity contribution >= 4 is 23.1 Å². The number of hydrogen-bond donors (Lipinski definition) is 1. The molecule has 0 bridgehead atoms. The van der Waals surface area contributed by atoms with Crippen LogP contribution in [-0.2, 0) is 6.54 Å². The van der Waals surface area contributed by atoms with E-state index in [9.17, 15) is 0 Å². The van der Waals surface area contributed by atoms with Crippen molar-refractivity contribution in [3.05, 3.63) is 34.2 Å². The summed E-state index contributed by atoms with van der Waals surface area (Å²) in [6.45, 7) is 5.89. The molecule has 0 aliphatic rings. The number of anilines is 2. The minimum atomic E-state index is 0.329. The number of aryl methyl sites for hydroxylation is 1. The number of rotatable bonds is 4. The molecule has 0 fully saturated rings. The Labute approximate surface area is 105 Å². The van der Waals surface area contributed by atoms with E-state index in [-0.39, 0.29) is 0 Å². The molecule has 2 aromatic rings. The van der Waals surface area contributed by atoms with E-state index in [4.69, 9.17) is 5.73 Å². The fourth-order valence-corrected chi connectivity index (χ4v) is 2.41. The molecular formula is C12H16N4S. The molecule has 0 amide bonds. The van der Waals surface area contributed by atoms with Crippen molar-refractivity contribution in [2.24, 2.45) is 0 Å². The molecule has 2 heterocycles. The van der Waals surface area contributed by atoms with Crippen molar-refractivity contribution in [2.45, 2.75) is 20.4 Å². The average Bonchev–Trinajstić information content (AvgIpc) is 2.82.